The van der Waals surface area contributed by atoms with Crippen LogP contribution in [0.4, 0.5) is 13.2 Å². The Hall–Kier alpha value is -1.07. The zero-order valence-corrected chi connectivity index (χ0v) is 10.0. The summed E-state index contributed by atoms with van der Waals surface area (Å²) in [5.74, 6) is 6.05. The molecule has 0 aromatic heterocycles. The summed E-state index contributed by atoms with van der Waals surface area (Å²) < 4.78 is 37.2. The number of nitrogens with one attached hydrogen (secondary N) is 1. The lowest BCUT2D eigenvalue weighted by Crippen LogP contribution is -2.44. The summed E-state index contributed by atoms with van der Waals surface area (Å²) in [4.78, 5) is 0. The maximum Gasteiger partial charge on any atom is 0.416 e. The molecule has 2 nitrogen and oxygen atoms in total. The second-order valence-corrected chi connectivity index (χ2v) is 4.86. The lowest BCUT2D eigenvalue weighted by molar-refractivity contribution is -0.137. The predicted octanol–water partition coefficient (Wildman–Crippen LogP) is 2.88. The standard InChI is InChI=1S/C13H17F3N2/c14-13(15,16)11-6-4-9(5-7-11)8-12(18-17)10-2-1-3-10/h4-7,10,12,18H,1-3,8,17H2. The second kappa shape index (κ2) is 5.28. The molecule has 0 radical (unpaired) electrons. The smallest absolute Gasteiger partial charge is 0.271 e. The largest absolute Gasteiger partial charge is 0.416 e. The summed E-state index contributed by atoms with van der Waals surface area (Å²) in [5.41, 5.74) is 3.06. The molecule has 1 saturated carbocycles. The summed E-state index contributed by atoms with van der Waals surface area (Å²) in [7, 11) is 0. The zero-order chi connectivity index (χ0) is 13.2. The first-order valence-electron chi connectivity index (χ1n) is 6.13. The lowest BCUT2D eigenvalue weighted by atomic mass is 9.78. The number of alkyl halides is 3. The van der Waals surface area contributed by atoms with Gasteiger partial charge in [0.1, 0.15) is 0 Å². The van der Waals surface area contributed by atoms with E-state index in [1.165, 1.54) is 18.6 Å². The number of hydrogen-bond acceptors (Lipinski definition) is 2. The van der Waals surface area contributed by atoms with Gasteiger partial charge in [-0.1, -0.05) is 18.6 Å². The van der Waals surface area contributed by atoms with Gasteiger partial charge < -0.3 is 0 Å². The van der Waals surface area contributed by atoms with E-state index >= 15 is 0 Å². The van der Waals surface area contributed by atoms with Crippen LogP contribution < -0.4 is 11.3 Å². The molecule has 100 valence electrons. The van der Waals surface area contributed by atoms with E-state index < -0.39 is 11.7 Å². The van der Waals surface area contributed by atoms with Crippen LogP contribution in [0.1, 0.15) is 30.4 Å². The molecule has 1 fully saturated rings. The SMILES string of the molecule is NNC(Cc1ccc(C(F)(F)F)cc1)C1CCC1. The fraction of sp³-hybridized carbons (Fsp3) is 0.538. The fourth-order valence-electron chi connectivity index (χ4n) is 2.29. The van der Waals surface area contributed by atoms with Gasteiger partial charge in [-0.2, -0.15) is 13.2 Å². The van der Waals surface area contributed by atoms with Crippen LogP contribution in [-0.2, 0) is 12.6 Å². The van der Waals surface area contributed by atoms with Gasteiger partial charge in [-0.25, -0.2) is 0 Å². The summed E-state index contributed by atoms with van der Waals surface area (Å²) in [6.07, 6.45) is -0.0712. The van der Waals surface area contributed by atoms with Crippen LogP contribution in [0.5, 0.6) is 0 Å². The number of hydrazine groups is 1. The third-order valence-corrected chi connectivity index (χ3v) is 3.67. The van der Waals surface area contributed by atoms with Crippen molar-refractivity contribution >= 4 is 0 Å². The first-order valence-corrected chi connectivity index (χ1v) is 6.13. The molecule has 18 heavy (non-hydrogen) atoms. The van der Waals surface area contributed by atoms with Gasteiger partial charge in [-0.15, -0.1) is 0 Å². The molecule has 1 aromatic rings. The van der Waals surface area contributed by atoms with Crippen LogP contribution in [-0.4, -0.2) is 6.04 Å². The highest BCUT2D eigenvalue weighted by atomic mass is 19.4. The quantitative estimate of drug-likeness (QED) is 0.643. The van der Waals surface area contributed by atoms with Crippen LogP contribution in [0.3, 0.4) is 0 Å². The number of nitrogens with two attached hydrogens (primary N) is 1. The number of halogens is 3. The van der Waals surface area contributed by atoms with Crippen molar-refractivity contribution in [3.63, 3.8) is 0 Å². The predicted molar refractivity (Wildman–Crippen MR) is 63.6 cm³/mol. The summed E-state index contributed by atoms with van der Waals surface area (Å²) >= 11 is 0. The van der Waals surface area contributed by atoms with Crippen LogP contribution in [0.15, 0.2) is 24.3 Å². The molecule has 1 aromatic carbocycles. The average molecular weight is 258 g/mol. The van der Waals surface area contributed by atoms with Crippen molar-refractivity contribution in [1.29, 1.82) is 0 Å². The second-order valence-electron chi connectivity index (χ2n) is 4.86. The number of benzene rings is 1. The first kappa shape index (κ1) is 13.4. The van der Waals surface area contributed by atoms with Crippen molar-refractivity contribution in [3.8, 4) is 0 Å². The molecule has 1 aliphatic rings. The molecule has 0 spiro atoms. The molecule has 5 heteroatoms. The summed E-state index contributed by atoms with van der Waals surface area (Å²) in [6.45, 7) is 0. The van der Waals surface area contributed by atoms with Crippen molar-refractivity contribution in [1.82, 2.24) is 5.43 Å². The molecule has 0 heterocycles. The van der Waals surface area contributed by atoms with E-state index in [0.717, 1.165) is 30.5 Å². The maximum atomic E-state index is 12.4. The summed E-state index contributed by atoms with van der Waals surface area (Å²) in [6, 6.07) is 5.49. The van der Waals surface area contributed by atoms with Crippen molar-refractivity contribution in [2.45, 2.75) is 37.9 Å². The number of hydrogen-bond donors (Lipinski definition) is 2. The normalized spacial score (nSPS) is 18.4. The van der Waals surface area contributed by atoms with E-state index in [2.05, 4.69) is 5.43 Å². The Balaban J connectivity index is 2.00. The van der Waals surface area contributed by atoms with E-state index in [1.807, 2.05) is 0 Å². The van der Waals surface area contributed by atoms with Crippen LogP contribution in [0.2, 0.25) is 0 Å². The van der Waals surface area contributed by atoms with Crippen molar-refractivity contribution in [2.24, 2.45) is 11.8 Å². The summed E-state index contributed by atoms with van der Waals surface area (Å²) in [5, 5.41) is 0. The molecule has 2 rings (SSSR count). The molecule has 1 unspecified atom stereocenters. The van der Waals surface area contributed by atoms with E-state index in [0.29, 0.717) is 12.3 Å². The molecule has 0 bridgehead atoms. The van der Waals surface area contributed by atoms with Crippen molar-refractivity contribution < 1.29 is 13.2 Å². The number of rotatable bonds is 4. The zero-order valence-electron chi connectivity index (χ0n) is 10.0. The van der Waals surface area contributed by atoms with Crippen molar-refractivity contribution in [3.05, 3.63) is 35.4 Å². The van der Waals surface area contributed by atoms with Gasteiger partial charge in [0.25, 0.3) is 0 Å². The van der Waals surface area contributed by atoms with Gasteiger partial charge in [0.15, 0.2) is 0 Å². The monoisotopic (exact) mass is 258 g/mol. The highest BCUT2D eigenvalue weighted by molar-refractivity contribution is 5.25. The van der Waals surface area contributed by atoms with Crippen molar-refractivity contribution in [2.75, 3.05) is 0 Å². The van der Waals surface area contributed by atoms with E-state index in [9.17, 15) is 13.2 Å². The Morgan fingerprint density at radius 1 is 1.22 bits per heavy atom. The lowest BCUT2D eigenvalue weighted by Gasteiger charge is -2.33. The Morgan fingerprint density at radius 2 is 1.83 bits per heavy atom. The highest BCUT2D eigenvalue weighted by Crippen LogP contribution is 2.32. The van der Waals surface area contributed by atoms with Gasteiger partial charge in [0, 0.05) is 6.04 Å². The minimum atomic E-state index is -4.27. The van der Waals surface area contributed by atoms with Gasteiger partial charge in [-0.05, 0) is 42.9 Å². The van der Waals surface area contributed by atoms with E-state index in [1.54, 1.807) is 0 Å². The molecular weight excluding hydrogens is 241 g/mol. The molecule has 0 amide bonds. The molecule has 1 atom stereocenters. The minimum Gasteiger partial charge on any atom is -0.271 e. The van der Waals surface area contributed by atoms with Gasteiger partial charge in [0.05, 0.1) is 5.56 Å². The van der Waals surface area contributed by atoms with Crippen LogP contribution in [0.25, 0.3) is 0 Å². The van der Waals surface area contributed by atoms with Gasteiger partial charge >= 0.3 is 6.18 Å². The Morgan fingerprint density at radius 3 is 2.22 bits per heavy atom. The fourth-order valence-corrected chi connectivity index (χ4v) is 2.29. The first-order chi connectivity index (χ1) is 8.50. The van der Waals surface area contributed by atoms with Crippen LogP contribution >= 0.6 is 0 Å². The van der Waals surface area contributed by atoms with E-state index in [4.69, 9.17) is 5.84 Å². The van der Waals surface area contributed by atoms with Crippen LogP contribution in [0, 0.1) is 5.92 Å². The topological polar surface area (TPSA) is 38.0 Å². The molecule has 1 aliphatic carbocycles. The highest BCUT2D eigenvalue weighted by Gasteiger charge is 2.30. The third-order valence-electron chi connectivity index (χ3n) is 3.67. The molecule has 0 saturated heterocycles. The van der Waals surface area contributed by atoms with E-state index in [-0.39, 0.29) is 6.04 Å². The van der Waals surface area contributed by atoms with Gasteiger partial charge in [-0.3, -0.25) is 11.3 Å². The Kier molecular flexibility index (Phi) is 3.92. The minimum absolute atomic E-state index is 0.162. The average Bonchev–Trinajstić information content (AvgIpc) is 2.25. The Bertz CT molecular complexity index is 382. The molecule has 0 aliphatic heterocycles. The third kappa shape index (κ3) is 3.03. The maximum absolute atomic E-state index is 12.4. The molecular formula is C13H17F3N2. The Labute approximate surface area is 104 Å². The van der Waals surface area contributed by atoms with Gasteiger partial charge in [0.2, 0.25) is 0 Å². The molecule has 3 N–H and O–H groups in total.